The molecule has 2 aromatic rings. The van der Waals surface area contributed by atoms with E-state index in [2.05, 4.69) is 43.7 Å². The van der Waals surface area contributed by atoms with Crippen molar-refractivity contribution in [2.24, 2.45) is 24.1 Å². The van der Waals surface area contributed by atoms with Gasteiger partial charge >= 0.3 is 0 Å². The molecule has 1 fully saturated rings. The van der Waals surface area contributed by atoms with Crippen LogP contribution in [0.2, 0.25) is 0 Å². The molecule has 1 aliphatic carbocycles. The zero-order valence-corrected chi connectivity index (χ0v) is 13.5. The first-order valence-corrected chi connectivity index (χ1v) is 8.15. The molecule has 0 aliphatic heterocycles. The average molecular weight is 285 g/mol. The van der Waals surface area contributed by atoms with Gasteiger partial charge in [-0.25, -0.2) is 4.98 Å². The van der Waals surface area contributed by atoms with Gasteiger partial charge in [0.25, 0.3) is 0 Å². The van der Waals surface area contributed by atoms with Gasteiger partial charge in [0.2, 0.25) is 0 Å². The summed E-state index contributed by atoms with van der Waals surface area (Å²) < 4.78 is 2.20. The van der Waals surface area contributed by atoms with E-state index in [9.17, 15) is 0 Å². The molecule has 0 saturated heterocycles. The van der Waals surface area contributed by atoms with Gasteiger partial charge in [-0.15, -0.1) is 0 Å². The summed E-state index contributed by atoms with van der Waals surface area (Å²) in [7, 11) is 2.10. The minimum Gasteiger partial charge on any atom is -0.331 e. The van der Waals surface area contributed by atoms with Crippen molar-refractivity contribution in [1.82, 2.24) is 9.55 Å². The molecule has 0 spiro atoms. The van der Waals surface area contributed by atoms with Crippen molar-refractivity contribution < 1.29 is 0 Å². The van der Waals surface area contributed by atoms with Crippen LogP contribution in [0.25, 0.3) is 11.0 Å². The molecule has 2 unspecified atom stereocenters. The molecule has 3 rings (SSSR count). The van der Waals surface area contributed by atoms with Crippen LogP contribution in [-0.4, -0.2) is 15.6 Å². The van der Waals surface area contributed by atoms with Crippen LogP contribution in [0.5, 0.6) is 0 Å². The Labute approximate surface area is 127 Å². The molecule has 3 nitrogen and oxygen atoms in total. The third kappa shape index (κ3) is 2.71. The predicted molar refractivity (Wildman–Crippen MR) is 88.1 cm³/mol. The normalized spacial score (nSPS) is 23.3. The van der Waals surface area contributed by atoms with Gasteiger partial charge in [0.1, 0.15) is 5.82 Å². The Morgan fingerprint density at radius 3 is 2.81 bits per heavy atom. The number of fused-ring (bicyclic) bond motifs is 1. The summed E-state index contributed by atoms with van der Waals surface area (Å²) >= 11 is 0. The molecular formula is C18H27N3. The van der Waals surface area contributed by atoms with E-state index < -0.39 is 0 Å². The fourth-order valence-electron chi connectivity index (χ4n) is 4.05. The molecule has 0 amide bonds. The monoisotopic (exact) mass is 285 g/mol. The van der Waals surface area contributed by atoms with Crippen molar-refractivity contribution in [1.29, 1.82) is 0 Å². The summed E-state index contributed by atoms with van der Waals surface area (Å²) in [5, 5.41) is 0. The molecule has 2 N–H and O–H groups in total. The van der Waals surface area contributed by atoms with Crippen molar-refractivity contribution in [3.63, 3.8) is 0 Å². The van der Waals surface area contributed by atoms with Gasteiger partial charge in [-0.05, 0) is 36.3 Å². The maximum Gasteiger partial charge on any atom is 0.111 e. The largest absolute Gasteiger partial charge is 0.331 e. The molecule has 1 aliphatic rings. The van der Waals surface area contributed by atoms with Crippen LogP contribution in [0.1, 0.15) is 45.4 Å². The van der Waals surface area contributed by atoms with Crippen LogP contribution in [-0.2, 0) is 13.5 Å². The fourth-order valence-corrected chi connectivity index (χ4v) is 4.05. The minimum absolute atomic E-state index is 0.204. The van der Waals surface area contributed by atoms with Crippen LogP contribution in [0, 0.1) is 11.3 Å². The second kappa shape index (κ2) is 5.45. The molecule has 21 heavy (non-hydrogen) atoms. The number of para-hydroxylation sites is 2. The topological polar surface area (TPSA) is 43.8 Å². The highest BCUT2D eigenvalue weighted by molar-refractivity contribution is 5.75. The van der Waals surface area contributed by atoms with E-state index in [4.69, 9.17) is 10.7 Å². The molecule has 3 heteroatoms. The second-order valence-corrected chi connectivity index (χ2v) is 7.28. The Kier molecular flexibility index (Phi) is 3.78. The van der Waals surface area contributed by atoms with E-state index in [1.54, 1.807) is 0 Å². The minimum atomic E-state index is 0.204. The maximum absolute atomic E-state index is 6.59. The van der Waals surface area contributed by atoms with Crippen LogP contribution in [0.3, 0.4) is 0 Å². The Balaban J connectivity index is 1.82. The Hall–Kier alpha value is -1.35. The van der Waals surface area contributed by atoms with Crippen LogP contribution < -0.4 is 5.73 Å². The molecule has 1 aromatic carbocycles. The SMILES string of the molecule is Cn1c(CC(N)C2CCCCC2(C)C)nc2ccccc21. The number of hydrogen-bond acceptors (Lipinski definition) is 2. The zero-order valence-electron chi connectivity index (χ0n) is 13.5. The number of nitrogens with two attached hydrogens (primary N) is 1. The Bertz CT molecular complexity index is 626. The van der Waals surface area contributed by atoms with E-state index in [0.29, 0.717) is 11.3 Å². The van der Waals surface area contributed by atoms with Gasteiger partial charge in [0.05, 0.1) is 11.0 Å². The number of aryl methyl sites for hydroxylation is 1. The number of benzene rings is 1. The first kappa shape index (κ1) is 14.6. The lowest BCUT2D eigenvalue weighted by Crippen LogP contribution is -2.43. The molecule has 0 radical (unpaired) electrons. The summed E-state index contributed by atoms with van der Waals surface area (Å²) in [6.45, 7) is 4.76. The molecule has 114 valence electrons. The van der Waals surface area contributed by atoms with Crippen molar-refractivity contribution in [2.75, 3.05) is 0 Å². The van der Waals surface area contributed by atoms with Crippen molar-refractivity contribution in [2.45, 2.75) is 52.0 Å². The van der Waals surface area contributed by atoms with Gasteiger partial charge in [-0.2, -0.15) is 0 Å². The summed E-state index contributed by atoms with van der Waals surface area (Å²) in [5.41, 5.74) is 9.23. The predicted octanol–water partition coefficient (Wildman–Crippen LogP) is 3.66. The van der Waals surface area contributed by atoms with Crippen LogP contribution in [0.4, 0.5) is 0 Å². The van der Waals surface area contributed by atoms with Gasteiger partial charge in [0, 0.05) is 19.5 Å². The quantitative estimate of drug-likeness (QED) is 0.935. The first-order valence-electron chi connectivity index (χ1n) is 8.15. The summed E-state index contributed by atoms with van der Waals surface area (Å²) in [5.74, 6) is 1.72. The van der Waals surface area contributed by atoms with E-state index in [1.165, 1.54) is 31.2 Å². The number of rotatable bonds is 3. The Morgan fingerprint density at radius 2 is 2.10 bits per heavy atom. The van der Waals surface area contributed by atoms with Crippen LogP contribution in [0.15, 0.2) is 24.3 Å². The summed E-state index contributed by atoms with van der Waals surface area (Å²) in [6.07, 6.45) is 6.11. The summed E-state index contributed by atoms with van der Waals surface area (Å²) in [4.78, 5) is 4.78. The lowest BCUT2D eigenvalue weighted by Gasteiger charge is -2.42. The van der Waals surface area contributed by atoms with Crippen molar-refractivity contribution in [3.8, 4) is 0 Å². The van der Waals surface area contributed by atoms with E-state index in [0.717, 1.165) is 17.8 Å². The molecule has 0 bridgehead atoms. The molecule has 1 aromatic heterocycles. The second-order valence-electron chi connectivity index (χ2n) is 7.28. The number of aromatic nitrogens is 2. The van der Waals surface area contributed by atoms with Crippen molar-refractivity contribution in [3.05, 3.63) is 30.1 Å². The lowest BCUT2D eigenvalue weighted by atomic mass is 9.65. The number of imidazole rings is 1. The summed E-state index contributed by atoms with van der Waals surface area (Å²) in [6, 6.07) is 8.52. The third-order valence-corrected chi connectivity index (χ3v) is 5.40. The molecular weight excluding hydrogens is 258 g/mol. The van der Waals surface area contributed by atoms with Crippen molar-refractivity contribution >= 4 is 11.0 Å². The zero-order chi connectivity index (χ0) is 15.0. The van der Waals surface area contributed by atoms with Crippen LogP contribution >= 0.6 is 0 Å². The highest BCUT2D eigenvalue weighted by Gasteiger charge is 2.36. The molecule has 2 atom stereocenters. The van der Waals surface area contributed by atoms with Gasteiger partial charge < -0.3 is 10.3 Å². The first-order chi connectivity index (χ1) is 9.99. The third-order valence-electron chi connectivity index (χ3n) is 5.40. The van der Waals surface area contributed by atoms with E-state index in [1.807, 2.05) is 6.07 Å². The maximum atomic E-state index is 6.59. The van der Waals surface area contributed by atoms with E-state index in [-0.39, 0.29) is 6.04 Å². The molecule has 1 heterocycles. The number of hydrogen-bond donors (Lipinski definition) is 1. The molecule has 1 saturated carbocycles. The smallest absolute Gasteiger partial charge is 0.111 e. The van der Waals surface area contributed by atoms with Gasteiger partial charge in [-0.1, -0.05) is 38.8 Å². The number of nitrogens with zero attached hydrogens (tertiary/aromatic N) is 2. The average Bonchev–Trinajstić information content (AvgIpc) is 2.75. The standard InChI is InChI=1S/C18H27N3/c1-18(2)11-7-6-8-13(18)14(19)12-17-20-15-9-4-5-10-16(15)21(17)3/h4-5,9-10,13-14H,6-8,11-12,19H2,1-3H3. The fraction of sp³-hybridized carbons (Fsp3) is 0.611. The lowest BCUT2D eigenvalue weighted by molar-refractivity contribution is 0.111. The Morgan fingerprint density at radius 1 is 1.33 bits per heavy atom. The highest BCUT2D eigenvalue weighted by Crippen LogP contribution is 2.42. The van der Waals surface area contributed by atoms with E-state index >= 15 is 0 Å². The van der Waals surface area contributed by atoms with Gasteiger partial charge in [-0.3, -0.25) is 0 Å². The highest BCUT2D eigenvalue weighted by atomic mass is 15.1. The van der Waals surface area contributed by atoms with Gasteiger partial charge in [0.15, 0.2) is 0 Å².